The van der Waals surface area contributed by atoms with Crippen LogP contribution in [-0.2, 0) is 9.59 Å². The van der Waals surface area contributed by atoms with Gasteiger partial charge in [0.25, 0.3) is 0 Å². The SMILES string of the molecule is CC(C)(C)Oc1cc(F)ccc1NC(=O)C(=O)Nc1ccc(Cl)cc1. The second-order valence-corrected chi connectivity index (χ2v) is 6.71. The second kappa shape index (κ2) is 7.53. The Bertz CT molecular complexity index is 786. The lowest BCUT2D eigenvalue weighted by molar-refractivity contribution is -0.133. The molecule has 25 heavy (non-hydrogen) atoms. The predicted molar refractivity (Wildman–Crippen MR) is 95.5 cm³/mol. The molecule has 0 heterocycles. The zero-order chi connectivity index (χ0) is 18.6. The van der Waals surface area contributed by atoms with Gasteiger partial charge >= 0.3 is 11.8 Å². The van der Waals surface area contributed by atoms with E-state index < -0.39 is 23.2 Å². The molecule has 0 unspecified atom stereocenters. The van der Waals surface area contributed by atoms with Crippen molar-refractivity contribution in [1.29, 1.82) is 0 Å². The Kier molecular flexibility index (Phi) is 5.64. The van der Waals surface area contributed by atoms with Crippen LogP contribution in [0.1, 0.15) is 20.8 Å². The van der Waals surface area contributed by atoms with Crippen LogP contribution in [0.3, 0.4) is 0 Å². The maximum absolute atomic E-state index is 13.5. The van der Waals surface area contributed by atoms with Crippen LogP contribution in [0.4, 0.5) is 15.8 Å². The molecule has 5 nitrogen and oxygen atoms in total. The molecule has 0 fully saturated rings. The van der Waals surface area contributed by atoms with Gasteiger partial charge in [0.2, 0.25) is 0 Å². The zero-order valence-electron chi connectivity index (χ0n) is 14.0. The minimum absolute atomic E-state index is 0.139. The van der Waals surface area contributed by atoms with Crippen LogP contribution in [0, 0.1) is 5.82 Å². The summed E-state index contributed by atoms with van der Waals surface area (Å²) >= 11 is 5.76. The van der Waals surface area contributed by atoms with Crippen LogP contribution in [0.5, 0.6) is 5.75 Å². The number of benzene rings is 2. The Morgan fingerprint density at radius 3 is 2.20 bits per heavy atom. The van der Waals surface area contributed by atoms with E-state index in [4.69, 9.17) is 16.3 Å². The van der Waals surface area contributed by atoms with Crippen molar-refractivity contribution in [3.05, 3.63) is 53.3 Å². The first-order chi connectivity index (χ1) is 11.6. The molecular formula is C18H18ClFN2O3. The Hall–Kier alpha value is -2.60. The summed E-state index contributed by atoms with van der Waals surface area (Å²) in [5, 5.41) is 5.38. The molecule has 0 aliphatic carbocycles. The molecule has 0 radical (unpaired) electrons. The summed E-state index contributed by atoms with van der Waals surface area (Å²) in [6, 6.07) is 9.97. The van der Waals surface area contributed by atoms with Gasteiger partial charge in [0.1, 0.15) is 17.2 Å². The molecule has 0 bridgehead atoms. The lowest BCUT2D eigenvalue weighted by Gasteiger charge is -2.23. The first-order valence-electron chi connectivity index (χ1n) is 7.50. The highest BCUT2D eigenvalue weighted by molar-refractivity contribution is 6.43. The van der Waals surface area contributed by atoms with Crippen molar-refractivity contribution < 1.29 is 18.7 Å². The van der Waals surface area contributed by atoms with E-state index in [1.54, 1.807) is 45.0 Å². The highest BCUT2D eigenvalue weighted by Crippen LogP contribution is 2.29. The molecule has 0 aromatic heterocycles. The summed E-state index contributed by atoms with van der Waals surface area (Å²) in [6.45, 7) is 5.37. The van der Waals surface area contributed by atoms with Gasteiger partial charge in [-0.2, -0.15) is 0 Å². The summed E-state index contributed by atoms with van der Waals surface area (Å²) in [7, 11) is 0. The van der Waals surface area contributed by atoms with Crippen LogP contribution >= 0.6 is 11.6 Å². The average Bonchev–Trinajstić information content (AvgIpc) is 2.50. The number of hydrogen-bond acceptors (Lipinski definition) is 3. The summed E-state index contributed by atoms with van der Waals surface area (Å²) in [6.07, 6.45) is 0. The maximum atomic E-state index is 13.5. The largest absolute Gasteiger partial charge is 0.486 e. The van der Waals surface area contributed by atoms with Gasteiger partial charge in [0, 0.05) is 16.8 Å². The van der Waals surface area contributed by atoms with Crippen molar-refractivity contribution in [3.63, 3.8) is 0 Å². The Morgan fingerprint density at radius 1 is 1.00 bits per heavy atom. The van der Waals surface area contributed by atoms with Crippen molar-refractivity contribution in [2.24, 2.45) is 0 Å². The summed E-state index contributed by atoms with van der Waals surface area (Å²) in [4.78, 5) is 24.1. The van der Waals surface area contributed by atoms with Gasteiger partial charge < -0.3 is 15.4 Å². The number of nitrogens with one attached hydrogen (secondary N) is 2. The van der Waals surface area contributed by atoms with E-state index in [-0.39, 0.29) is 11.4 Å². The highest BCUT2D eigenvalue weighted by atomic mass is 35.5. The van der Waals surface area contributed by atoms with Crippen LogP contribution in [-0.4, -0.2) is 17.4 Å². The lowest BCUT2D eigenvalue weighted by atomic mass is 10.2. The Morgan fingerprint density at radius 2 is 1.60 bits per heavy atom. The molecule has 0 aliphatic heterocycles. The molecule has 2 rings (SSSR count). The van der Waals surface area contributed by atoms with Crippen LogP contribution in [0.15, 0.2) is 42.5 Å². The fourth-order valence-electron chi connectivity index (χ4n) is 1.91. The maximum Gasteiger partial charge on any atom is 0.314 e. The third kappa shape index (κ3) is 5.76. The quantitative estimate of drug-likeness (QED) is 0.801. The Labute approximate surface area is 150 Å². The lowest BCUT2D eigenvalue weighted by Crippen LogP contribution is -2.30. The third-order valence-electron chi connectivity index (χ3n) is 2.92. The number of hydrogen-bond donors (Lipinski definition) is 2. The van der Waals surface area contributed by atoms with E-state index in [1.165, 1.54) is 12.1 Å². The fourth-order valence-corrected chi connectivity index (χ4v) is 2.04. The van der Waals surface area contributed by atoms with E-state index in [0.29, 0.717) is 10.7 Å². The molecule has 7 heteroatoms. The number of rotatable bonds is 3. The molecule has 2 aromatic carbocycles. The van der Waals surface area contributed by atoms with Gasteiger partial charge in [-0.05, 0) is 57.2 Å². The molecule has 132 valence electrons. The normalized spacial score (nSPS) is 10.9. The van der Waals surface area contributed by atoms with Crippen LogP contribution in [0.25, 0.3) is 0 Å². The number of carbonyl (C=O) groups excluding carboxylic acids is 2. The zero-order valence-corrected chi connectivity index (χ0v) is 14.8. The van der Waals surface area contributed by atoms with Gasteiger partial charge in [0.05, 0.1) is 5.69 Å². The number of amides is 2. The van der Waals surface area contributed by atoms with E-state index in [1.807, 2.05) is 0 Å². The number of halogens is 2. The molecule has 0 saturated heterocycles. The third-order valence-corrected chi connectivity index (χ3v) is 3.17. The first kappa shape index (κ1) is 18.7. The molecular weight excluding hydrogens is 347 g/mol. The molecule has 2 N–H and O–H groups in total. The number of anilines is 2. The standard InChI is InChI=1S/C18H18ClFN2O3/c1-18(2,3)25-15-10-12(20)6-9-14(15)22-17(24)16(23)21-13-7-4-11(19)5-8-13/h4-10H,1-3H3,(H,21,23)(H,22,24). The summed E-state index contributed by atoms with van der Waals surface area (Å²) in [5.41, 5.74) is 0.0288. The summed E-state index contributed by atoms with van der Waals surface area (Å²) in [5.74, 6) is -2.14. The summed E-state index contributed by atoms with van der Waals surface area (Å²) < 4.78 is 19.1. The monoisotopic (exact) mass is 364 g/mol. The van der Waals surface area contributed by atoms with Gasteiger partial charge in [-0.1, -0.05) is 11.6 Å². The van der Waals surface area contributed by atoms with Crippen molar-refractivity contribution in [2.45, 2.75) is 26.4 Å². The van der Waals surface area contributed by atoms with Crippen molar-refractivity contribution in [1.82, 2.24) is 0 Å². The molecule has 0 saturated carbocycles. The second-order valence-electron chi connectivity index (χ2n) is 6.27. The van der Waals surface area contributed by atoms with E-state index in [9.17, 15) is 14.0 Å². The molecule has 0 aliphatic rings. The van der Waals surface area contributed by atoms with E-state index in [0.717, 1.165) is 6.07 Å². The van der Waals surface area contributed by atoms with Crippen molar-refractivity contribution >= 4 is 34.8 Å². The fraction of sp³-hybridized carbons (Fsp3) is 0.222. The molecule has 2 aromatic rings. The van der Waals surface area contributed by atoms with Crippen LogP contribution in [0.2, 0.25) is 5.02 Å². The molecule has 2 amide bonds. The van der Waals surface area contributed by atoms with E-state index >= 15 is 0 Å². The van der Waals surface area contributed by atoms with Crippen molar-refractivity contribution in [3.8, 4) is 5.75 Å². The Balaban J connectivity index is 2.11. The van der Waals surface area contributed by atoms with Gasteiger partial charge in [-0.25, -0.2) is 4.39 Å². The smallest absolute Gasteiger partial charge is 0.314 e. The predicted octanol–water partition coefficient (Wildman–Crippen LogP) is 4.23. The minimum atomic E-state index is -0.902. The van der Waals surface area contributed by atoms with E-state index in [2.05, 4.69) is 10.6 Å². The van der Waals surface area contributed by atoms with Gasteiger partial charge in [-0.15, -0.1) is 0 Å². The molecule has 0 atom stereocenters. The van der Waals surface area contributed by atoms with Crippen LogP contribution < -0.4 is 15.4 Å². The van der Waals surface area contributed by atoms with Gasteiger partial charge in [-0.3, -0.25) is 9.59 Å². The first-order valence-corrected chi connectivity index (χ1v) is 7.88. The van der Waals surface area contributed by atoms with Crippen molar-refractivity contribution in [2.75, 3.05) is 10.6 Å². The topological polar surface area (TPSA) is 67.4 Å². The highest BCUT2D eigenvalue weighted by Gasteiger charge is 2.19. The average molecular weight is 365 g/mol. The minimum Gasteiger partial charge on any atom is -0.486 e. The number of ether oxygens (including phenoxy) is 1. The number of carbonyl (C=O) groups is 2. The van der Waals surface area contributed by atoms with Gasteiger partial charge in [0.15, 0.2) is 0 Å². The molecule has 0 spiro atoms.